The Labute approximate surface area is 358 Å². The minimum Gasteiger partial charge on any atom is -0.504 e. The third kappa shape index (κ3) is 8.01. The van der Waals surface area contributed by atoms with Crippen LogP contribution in [0.4, 0.5) is 0 Å². The van der Waals surface area contributed by atoms with Crippen molar-refractivity contribution in [2.24, 2.45) is 22.7 Å². The van der Waals surface area contributed by atoms with Crippen LogP contribution in [-0.2, 0) is 75.7 Å². The quantitative estimate of drug-likeness (QED) is 0.151. The van der Waals surface area contributed by atoms with Gasteiger partial charge in [-0.1, -0.05) is 65.8 Å². The highest BCUT2D eigenvalue weighted by Gasteiger charge is 2.73. The molecule has 0 N–H and O–H groups in total. The van der Waals surface area contributed by atoms with Crippen molar-refractivity contribution in [3.63, 3.8) is 0 Å². The molecular weight excluding hydrogens is 795 g/mol. The molecule has 0 aromatic carbocycles. The van der Waals surface area contributed by atoms with Crippen LogP contribution in [-0.4, -0.2) is 116 Å². The van der Waals surface area contributed by atoms with Crippen LogP contribution in [0.15, 0.2) is 24.3 Å². The summed E-state index contributed by atoms with van der Waals surface area (Å²) >= 11 is 0. The van der Waals surface area contributed by atoms with E-state index in [4.69, 9.17) is 56.5 Å². The summed E-state index contributed by atoms with van der Waals surface area (Å²) in [6, 6.07) is 0. The van der Waals surface area contributed by atoms with Gasteiger partial charge in [-0.05, 0) is 39.5 Å². The first-order valence-electron chi connectivity index (χ1n) is 22.3. The number of esters is 4. The Balaban J connectivity index is 1.28. The van der Waals surface area contributed by atoms with E-state index in [1.807, 2.05) is 79.7 Å². The van der Waals surface area contributed by atoms with Crippen LogP contribution < -0.4 is 0 Å². The molecule has 11 bridgehead atoms. The van der Waals surface area contributed by atoms with Gasteiger partial charge in [0.15, 0.2) is 23.8 Å². The zero-order valence-corrected chi connectivity index (χ0v) is 37.2. The predicted octanol–water partition coefficient (Wildman–Crippen LogP) is 5.29. The Morgan fingerprint density at radius 2 is 1.03 bits per heavy atom. The molecule has 0 aliphatic carbocycles. The maximum atomic E-state index is 14.8. The summed E-state index contributed by atoms with van der Waals surface area (Å²) in [7, 11) is 0. The Kier molecular flexibility index (Phi) is 11.9. The van der Waals surface area contributed by atoms with Crippen LogP contribution in [0.3, 0.4) is 0 Å². The van der Waals surface area contributed by atoms with Crippen LogP contribution in [0.5, 0.6) is 0 Å². The zero-order valence-electron chi connectivity index (χ0n) is 37.2. The first-order chi connectivity index (χ1) is 28.7. The Morgan fingerprint density at radius 3 is 1.41 bits per heavy atom. The fraction of sp³-hybridized carbons (Fsp3) is 0.818. The number of hydrogen-bond acceptors (Lipinski definition) is 16. The topological polar surface area (TPSA) is 179 Å². The third-order valence-corrected chi connectivity index (χ3v) is 14.8. The maximum absolute atomic E-state index is 14.8. The predicted molar refractivity (Wildman–Crippen MR) is 214 cm³/mol. The van der Waals surface area contributed by atoms with Gasteiger partial charge in [0.25, 0.3) is 0 Å². The largest absolute Gasteiger partial charge is 0.536 e. The molecule has 17 heteroatoms. The summed E-state index contributed by atoms with van der Waals surface area (Å²) < 4.78 is 78.6. The standard InChI is InChI=1S/C44H64BO16/c1-23-17-19-35-41(7,8)33(52-27(5)46)15-11-13-30-22-32(26(4)51-30)55-40(49)38-44-24(2)18-20-36(57-44)42(9,10)34(53-28(6)47)16-12-14-29-21-31(25(3)50-29)54-39(48)37-43(23,56-35)60-45(58-37,59-38)61-44/h11-14,23-26,29-38H,15-22H2,1-10H3/q-1/b13-11+,14-12+. The minimum atomic E-state index is -3.50. The van der Waals surface area contributed by atoms with Crippen LogP contribution in [0.1, 0.15) is 121 Å². The molecule has 61 heavy (non-hydrogen) atoms. The van der Waals surface area contributed by atoms with Gasteiger partial charge < -0.3 is 56.5 Å². The molecule has 16 atom stereocenters. The molecule has 0 amide bonds. The lowest BCUT2D eigenvalue weighted by Crippen LogP contribution is -2.61. The second-order valence-corrected chi connectivity index (χ2v) is 19.8. The summed E-state index contributed by atoms with van der Waals surface area (Å²) in [5.41, 5.74) is -1.69. The van der Waals surface area contributed by atoms with Gasteiger partial charge in [-0.15, -0.1) is 0 Å². The molecule has 8 aliphatic rings. The number of fused-ring (bicyclic) bond motifs is 8. The van der Waals surface area contributed by atoms with Gasteiger partial charge in [-0.25, -0.2) is 9.59 Å². The number of hydrogen-bond donors (Lipinski definition) is 0. The van der Waals surface area contributed by atoms with E-state index in [-0.39, 0.29) is 0 Å². The van der Waals surface area contributed by atoms with Crippen molar-refractivity contribution in [2.75, 3.05) is 0 Å². The molecule has 340 valence electrons. The van der Waals surface area contributed by atoms with Gasteiger partial charge in [0.2, 0.25) is 0 Å². The number of rotatable bonds is 2. The van der Waals surface area contributed by atoms with Crippen molar-refractivity contribution < 1.29 is 75.7 Å². The van der Waals surface area contributed by atoms with E-state index in [9.17, 15) is 19.2 Å². The highest BCUT2D eigenvalue weighted by Crippen LogP contribution is 2.57. The van der Waals surface area contributed by atoms with Gasteiger partial charge >= 0.3 is 30.8 Å². The molecule has 8 aliphatic heterocycles. The molecule has 6 fully saturated rings. The van der Waals surface area contributed by atoms with Gasteiger partial charge in [0, 0.05) is 62.2 Å². The van der Waals surface area contributed by atoms with E-state index in [1.54, 1.807) is 0 Å². The molecule has 3 spiro atoms. The molecule has 6 saturated heterocycles. The number of ether oxygens (including phenoxy) is 8. The van der Waals surface area contributed by atoms with E-state index in [2.05, 4.69) is 0 Å². The zero-order chi connectivity index (χ0) is 43.9. The molecule has 0 radical (unpaired) electrons. The van der Waals surface area contributed by atoms with Crippen molar-refractivity contribution in [1.82, 2.24) is 0 Å². The summed E-state index contributed by atoms with van der Waals surface area (Å²) in [6.07, 6.45) is 2.18. The van der Waals surface area contributed by atoms with Crippen molar-refractivity contribution in [3.8, 4) is 0 Å². The molecule has 0 saturated carbocycles. The summed E-state index contributed by atoms with van der Waals surface area (Å²) in [4.78, 5) is 54.9. The Bertz CT molecular complexity index is 1660. The fourth-order valence-electron chi connectivity index (χ4n) is 10.8. The van der Waals surface area contributed by atoms with E-state index < -0.39 is 138 Å². The van der Waals surface area contributed by atoms with E-state index in [0.29, 0.717) is 51.4 Å². The SMILES string of the molecule is CC(=O)OC1C/C=C/C2CC(OC(=O)C3O[B-]45OC(C(=O)OC6CC(/C=C/CC(OC(C)=O)C(C)(C)C7CCC(C)C3(O7)O4)OC6C)C3(OC(CCC3C)C1(C)C)O5)C(C)O2. The Morgan fingerprint density at radius 1 is 0.639 bits per heavy atom. The van der Waals surface area contributed by atoms with Gasteiger partial charge in [-0.3, -0.25) is 9.59 Å². The van der Waals surface area contributed by atoms with Gasteiger partial charge in [0.05, 0.1) is 36.6 Å². The van der Waals surface area contributed by atoms with Crippen LogP contribution in [0.25, 0.3) is 0 Å². The maximum Gasteiger partial charge on any atom is 0.536 e. The highest BCUT2D eigenvalue weighted by molar-refractivity contribution is 6.56. The van der Waals surface area contributed by atoms with Crippen molar-refractivity contribution in [3.05, 3.63) is 24.3 Å². The van der Waals surface area contributed by atoms with Crippen molar-refractivity contribution >= 4 is 30.8 Å². The summed E-state index contributed by atoms with van der Waals surface area (Å²) in [5.74, 6) is -7.22. The lowest BCUT2D eigenvalue weighted by atomic mass is 9.73. The lowest BCUT2D eigenvalue weighted by molar-refractivity contribution is -0.311. The summed E-state index contributed by atoms with van der Waals surface area (Å²) in [6.45, 7) is 14.5. The van der Waals surface area contributed by atoms with Crippen LogP contribution >= 0.6 is 0 Å². The molecular formula is C44H64BO16-. The van der Waals surface area contributed by atoms with E-state index >= 15 is 0 Å². The molecule has 0 aromatic heterocycles. The number of carbonyl (C=O) groups excluding carboxylic acids is 4. The average Bonchev–Trinajstić information content (AvgIpc) is 3.90. The van der Waals surface area contributed by atoms with Crippen LogP contribution in [0, 0.1) is 22.7 Å². The van der Waals surface area contributed by atoms with Crippen molar-refractivity contribution in [1.29, 1.82) is 0 Å². The average molecular weight is 860 g/mol. The molecule has 16 nitrogen and oxygen atoms in total. The van der Waals surface area contributed by atoms with Gasteiger partial charge in [0.1, 0.15) is 24.4 Å². The normalized spacial score (nSPS) is 49.0. The number of carbonyl (C=O) groups is 4. The second-order valence-electron chi connectivity index (χ2n) is 19.8. The lowest BCUT2D eigenvalue weighted by Gasteiger charge is -2.53. The van der Waals surface area contributed by atoms with Crippen LogP contribution in [0.2, 0.25) is 0 Å². The van der Waals surface area contributed by atoms with E-state index in [0.717, 1.165) is 0 Å². The fourth-order valence-corrected chi connectivity index (χ4v) is 10.8. The molecule has 8 heterocycles. The molecule has 16 unspecified atom stereocenters. The minimum absolute atomic E-state index is 0.335. The second kappa shape index (κ2) is 16.3. The smallest absolute Gasteiger partial charge is 0.504 e. The first-order valence-corrected chi connectivity index (χ1v) is 22.3. The highest BCUT2D eigenvalue weighted by atomic mass is 17.0. The third-order valence-electron chi connectivity index (χ3n) is 14.8. The van der Waals surface area contributed by atoms with E-state index in [1.165, 1.54) is 13.8 Å². The molecule has 0 aromatic rings. The summed E-state index contributed by atoms with van der Waals surface area (Å²) in [5, 5.41) is 0. The monoisotopic (exact) mass is 859 g/mol. The first kappa shape index (κ1) is 44.7. The molecule has 8 rings (SSSR count). The van der Waals surface area contributed by atoms with Crippen molar-refractivity contribution in [2.45, 2.75) is 205 Å². The Hall–Kier alpha value is -2.90. The van der Waals surface area contributed by atoms with Gasteiger partial charge in [-0.2, -0.15) is 0 Å².